The molecule has 0 spiro atoms. The van der Waals surface area contributed by atoms with Gasteiger partial charge in [0.2, 0.25) is 0 Å². The summed E-state index contributed by atoms with van der Waals surface area (Å²) < 4.78 is 5.77. The second-order valence-corrected chi connectivity index (χ2v) is 5.09. The number of hydrogen-bond donors (Lipinski definition) is 1. The van der Waals surface area contributed by atoms with Crippen LogP contribution in [-0.2, 0) is 0 Å². The minimum atomic E-state index is 0.814. The molecule has 0 radical (unpaired) electrons. The van der Waals surface area contributed by atoms with Gasteiger partial charge in [-0.1, -0.05) is 39.0 Å². The number of nitrogens with two attached hydrogens (primary N) is 1. The topological polar surface area (TPSA) is 35.2 Å². The standard InChI is InChI=1S/C16H27NO/c1-4-5-6-7-8-9-10-18-15-11-13(2)16(17)14(3)12-15/h11-12H,4-10,17H2,1-3H3. The van der Waals surface area contributed by atoms with Crippen LogP contribution >= 0.6 is 0 Å². The van der Waals surface area contributed by atoms with Crippen LogP contribution in [0.5, 0.6) is 5.75 Å². The zero-order valence-electron chi connectivity index (χ0n) is 12.1. The third-order valence-corrected chi connectivity index (χ3v) is 3.33. The molecule has 0 saturated heterocycles. The van der Waals surface area contributed by atoms with E-state index in [1.807, 2.05) is 26.0 Å². The summed E-state index contributed by atoms with van der Waals surface area (Å²) in [6.07, 6.45) is 7.77. The van der Waals surface area contributed by atoms with Crippen molar-refractivity contribution in [2.45, 2.75) is 59.3 Å². The molecule has 0 aliphatic rings. The van der Waals surface area contributed by atoms with Gasteiger partial charge in [-0.25, -0.2) is 0 Å². The van der Waals surface area contributed by atoms with Crippen molar-refractivity contribution in [3.8, 4) is 5.75 Å². The van der Waals surface area contributed by atoms with Gasteiger partial charge in [-0.05, 0) is 43.5 Å². The van der Waals surface area contributed by atoms with Crippen LogP contribution in [0.25, 0.3) is 0 Å². The lowest BCUT2D eigenvalue weighted by Crippen LogP contribution is -2.00. The van der Waals surface area contributed by atoms with E-state index in [0.717, 1.165) is 35.6 Å². The molecule has 0 bridgehead atoms. The van der Waals surface area contributed by atoms with Crippen LogP contribution in [-0.4, -0.2) is 6.61 Å². The number of rotatable bonds is 8. The Bertz CT molecular complexity index is 337. The Morgan fingerprint density at radius 3 is 2.11 bits per heavy atom. The number of unbranched alkanes of at least 4 members (excludes halogenated alkanes) is 5. The Morgan fingerprint density at radius 2 is 1.50 bits per heavy atom. The van der Waals surface area contributed by atoms with Crippen molar-refractivity contribution >= 4 is 5.69 Å². The molecule has 0 atom stereocenters. The molecule has 0 amide bonds. The summed E-state index contributed by atoms with van der Waals surface area (Å²) >= 11 is 0. The highest BCUT2D eigenvalue weighted by atomic mass is 16.5. The van der Waals surface area contributed by atoms with E-state index in [2.05, 4.69) is 6.92 Å². The van der Waals surface area contributed by atoms with E-state index in [-0.39, 0.29) is 0 Å². The van der Waals surface area contributed by atoms with Crippen molar-refractivity contribution in [1.29, 1.82) is 0 Å². The molecule has 0 aliphatic heterocycles. The van der Waals surface area contributed by atoms with Gasteiger partial charge in [0, 0.05) is 5.69 Å². The molecule has 0 heterocycles. The molecule has 2 nitrogen and oxygen atoms in total. The molecule has 1 aromatic carbocycles. The van der Waals surface area contributed by atoms with Crippen LogP contribution in [0.15, 0.2) is 12.1 Å². The average Bonchev–Trinajstić information content (AvgIpc) is 2.34. The molecular weight excluding hydrogens is 222 g/mol. The van der Waals surface area contributed by atoms with Crippen molar-refractivity contribution in [1.82, 2.24) is 0 Å². The first-order chi connectivity index (χ1) is 8.65. The molecular formula is C16H27NO. The minimum absolute atomic E-state index is 0.814. The molecule has 0 aromatic heterocycles. The highest BCUT2D eigenvalue weighted by Crippen LogP contribution is 2.23. The van der Waals surface area contributed by atoms with Crippen molar-refractivity contribution in [3.05, 3.63) is 23.3 Å². The molecule has 2 heteroatoms. The predicted molar refractivity (Wildman–Crippen MR) is 79.2 cm³/mol. The van der Waals surface area contributed by atoms with Gasteiger partial charge >= 0.3 is 0 Å². The summed E-state index contributed by atoms with van der Waals surface area (Å²) in [4.78, 5) is 0. The van der Waals surface area contributed by atoms with Gasteiger partial charge < -0.3 is 10.5 Å². The molecule has 0 fully saturated rings. The quantitative estimate of drug-likeness (QED) is 0.538. The maximum absolute atomic E-state index is 5.92. The van der Waals surface area contributed by atoms with Gasteiger partial charge in [0.05, 0.1) is 6.61 Å². The monoisotopic (exact) mass is 249 g/mol. The SMILES string of the molecule is CCCCCCCCOc1cc(C)c(N)c(C)c1. The Morgan fingerprint density at radius 1 is 0.944 bits per heavy atom. The van der Waals surface area contributed by atoms with Gasteiger partial charge in [0.1, 0.15) is 5.75 Å². The maximum Gasteiger partial charge on any atom is 0.119 e. The fraction of sp³-hybridized carbons (Fsp3) is 0.625. The normalized spacial score (nSPS) is 10.6. The first-order valence-electron chi connectivity index (χ1n) is 7.14. The second-order valence-electron chi connectivity index (χ2n) is 5.09. The number of hydrogen-bond acceptors (Lipinski definition) is 2. The highest BCUT2D eigenvalue weighted by Gasteiger charge is 2.02. The minimum Gasteiger partial charge on any atom is -0.494 e. The lowest BCUT2D eigenvalue weighted by molar-refractivity contribution is 0.304. The van der Waals surface area contributed by atoms with Crippen molar-refractivity contribution in [3.63, 3.8) is 0 Å². The average molecular weight is 249 g/mol. The predicted octanol–water partition coefficient (Wildman–Crippen LogP) is 4.62. The summed E-state index contributed by atoms with van der Waals surface area (Å²) in [6, 6.07) is 4.05. The third-order valence-electron chi connectivity index (χ3n) is 3.33. The third kappa shape index (κ3) is 4.99. The van der Waals surface area contributed by atoms with Crippen LogP contribution in [0.1, 0.15) is 56.6 Å². The molecule has 0 unspecified atom stereocenters. The van der Waals surface area contributed by atoms with Crippen LogP contribution in [0.3, 0.4) is 0 Å². The van der Waals surface area contributed by atoms with Gasteiger partial charge in [-0.15, -0.1) is 0 Å². The zero-order chi connectivity index (χ0) is 13.4. The fourth-order valence-electron chi connectivity index (χ4n) is 2.09. The summed E-state index contributed by atoms with van der Waals surface area (Å²) in [6.45, 7) is 7.11. The van der Waals surface area contributed by atoms with Gasteiger partial charge in [-0.3, -0.25) is 0 Å². The summed E-state index contributed by atoms with van der Waals surface area (Å²) in [5.41, 5.74) is 9.00. The van der Waals surface area contributed by atoms with E-state index in [9.17, 15) is 0 Å². The molecule has 102 valence electrons. The first-order valence-corrected chi connectivity index (χ1v) is 7.14. The number of ether oxygens (including phenoxy) is 1. The van der Waals surface area contributed by atoms with Crippen molar-refractivity contribution in [2.24, 2.45) is 0 Å². The Hall–Kier alpha value is -1.18. The van der Waals surface area contributed by atoms with Gasteiger partial charge in [0.15, 0.2) is 0 Å². The van der Waals surface area contributed by atoms with Crippen molar-refractivity contribution < 1.29 is 4.74 Å². The van der Waals surface area contributed by atoms with E-state index in [4.69, 9.17) is 10.5 Å². The van der Waals surface area contributed by atoms with E-state index in [0.29, 0.717) is 0 Å². The van der Waals surface area contributed by atoms with E-state index < -0.39 is 0 Å². The lowest BCUT2D eigenvalue weighted by atomic mass is 10.1. The fourth-order valence-corrected chi connectivity index (χ4v) is 2.09. The Labute approximate surface area is 112 Å². The van der Waals surface area contributed by atoms with E-state index in [1.54, 1.807) is 0 Å². The number of benzene rings is 1. The second kappa shape index (κ2) is 8.02. The summed E-state index contributed by atoms with van der Waals surface area (Å²) in [5.74, 6) is 0.952. The largest absolute Gasteiger partial charge is 0.494 e. The first kappa shape index (κ1) is 14.9. The number of anilines is 1. The number of aryl methyl sites for hydroxylation is 2. The number of nitrogen functional groups attached to an aromatic ring is 1. The molecule has 18 heavy (non-hydrogen) atoms. The Kier molecular flexibility index (Phi) is 6.63. The summed E-state index contributed by atoms with van der Waals surface area (Å²) in [7, 11) is 0. The van der Waals surface area contributed by atoms with Gasteiger partial charge in [0.25, 0.3) is 0 Å². The maximum atomic E-state index is 5.92. The zero-order valence-corrected chi connectivity index (χ0v) is 12.1. The van der Waals surface area contributed by atoms with Crippen molar-refractivity contribution in [2.75, 3.05) is 12.3 Å². The molecule has 2 N–H and O–H groups in total. The van der Waals surface area contributed by atoms with Crippen LogP contribution in [0.2, 0.25) is 0 Å². The van der Waals surface area contributed by atoms with E-state index >= 15 is 0 Å². The molecule has 0 aliphatic carbocycles. The molecule has 1 aromatic rings. The highest BCUT2D eigenvalue weighted by molar-refractivity contribution is 5.55. The van der Waals surface area contributed by atoms with Gasteiger partial charge in [-0.2, -0.15) is 0 Å². The smallest absolute Gasteiger partial charge is 0.119 e. The summed E-state index contributed by atoms with van der Waals surface area (Å²) in [5, 5.41) is 0. The van der Waals surface area contributed by atoms with Crippen LogP contribution < -0.4 is 10.5 Å². The Balaban J connectivity index is 2.23. The lowest BCUT2D eigenvalue weighted by Gasteiger charge is -2.10. The molecule has 1 rings (SSSR count). The van der Waals surface area contributed by atoms with Crippen LogP contribution in [0.4, 0.5) is 5.69 Å². The van der Waals surface area contributed by atoms with E-state index in [1.165, 1.54) is 32.1 Å². The van der Waals surface area contributed by atoms with Crippen LogP contribution in [0, 0.1) is 13.8 Å². The molecule has 0 saturated carbocycles.